The monoisotopic (exact) mass is 394 g/mol. The van der Waals surface area contributed by atoms with Gasteiger partial charge in [-0.25, -0.2) is 0 Å². The Balaban J connectivity index is 0.00000169. The van der Waals surface area contributed by atoms with Crippen LogP contribution in [0.5, 0.6) is 11.5 Å². The number of halogens is 2. The summed E-state index contributed by atoms with van der Waals surface area (Å²) in [6, 6.07) is 18.9. The predicted molar refractivity (Wildman–Crippen MR) is 114 cm³/mol. The number of nitrogens with zero attached hydrogens (tertiary/aromatic N) is 1. The van der Waals surface area contributed by atoms with E-state index in [1.54, 1.807) is 0 Å². The van der Waals surface area contributed by atoms with Gasteiger partial charge in [0, 0.05) is 32.2 Å². The maximum absolute atomic E-state index is 6.01. The molecular weight excluding hydrogens is 367 g/mol. The summed E-state index contributed by atoms with van der Waals surface area (Å²) in [6.07, 6.45) is 4.14. The van der Waals surface area contributed by atoms with Crippen molar-refractivity contribution in [1.82, 2.24) is 10.2 Å². The molecule has 5 heteroatoms. The first-order valence-electron chi connectivity index (χ1n) is 8.75. The van der Waals surface area contributed by atoms with E-state index < -0.39 is 0 Å². The van der Waals surface area contributed by atoms with Crippen LogP contribution in [-0.2, 0) is 0 Å². The summed E-state index contributed by atoms with van der Waals surface area (Å²) in [7, 11) is 0. The lowest BCUT2D eigenvalue weighted by atomic mass is 9.99. The Hall–Kier alpha value is -1.52. The molecule has 1 aliphatic rings. The highest BCUT2D eigenvalue weighted by atomic mass is 35.5. The molecule has 3 rings (SSSR count). The van der Waals surface area contributed by atoms with Crippen molar-refractivity contribution < 1.29 is 4.74 Å². The summed E-state index contributed by atoms with van der Waals surface area (Å²) in [5.74, 6) is 1.77. The summed E-state index contributed by atoms with van der Waals surface area (Å²) in [6.45, 7) is 8.19. The third kappa shape index (κ3) is 6.33. The van der Waals surface area contributed by atoms with Gasteiger partial charge in [-0.1, -0.05) is 36.4 Å². The zero-order valence-corrected chi connectivity index (χ0v) is 16.6. The third-order valence-corrected chi connectivity index (χ3v) is 4.46. The van der Waals surface area contributed by atoms with Gasteiger partial charge in [-0.15, -0.1) is 31.4 Å². The summed E-state index contributed by atoms with van der Waals surface area (Å²) >= 11 is 0. The van der Waals surface area contributed by atoms with Crippen molar-refractivity contribution in [3.05, 3.63) is 72.8 Å². The quantitative estimate of drug-likeness (QED) is 0.650. The van der Waals surface area contributed by atoms with Crippen molar-refractivity contribution in [2.24, 2.45) is 0 Å². The van der Waals surface area contributed by atoms with Gasteiger partial charge in [0.15, 0.2) is 0 Å². The minimum atomic E-state index is 0. The molecule has 1 saturated heterocycles. The second kappa shape index (κ2) is 12.0. The van der Waals surface area contributed by atoms with Crippen molar-refractivity contribution in [2.75, 3.05) is 26.2 Å². The van der Waals surface area contributed by atoms with Gasteiger partial charge < -0.3 is 10.1 Å². The molecule has 0 amide bonds. The first kappa shape index (κ1) is 22.5. The molecule has 2 aromatic rings. The number of para-hydroxylation sites is 1. The molecule has 142 valence electrons. The van der Waals surface area contributed by atoms with Crippen LogP contribution in [0.25, 0.3) is 0 Å². The summed E-state index contributed by atoms with van der Waals surface area (Å²) in [4.78, 5) is 2.57. The van der Waals surface area contributed by atoms with E-state index >= 15 is 0 Å². The van der Waals surface area contributed by atoms with Crippen molar-refractivity contribution in [3.8, 4) is 11.5 Å². The van der Waals surface area contributed by atoms with Gasteiger partial charge in [-0.3, -0.25) is 4.90 Å². The Labute approximate surface area is 169 Å². The number of benzene rings is 2. The molecule has 1 N–H and O–H groups in total. The SMILES string of the molecule is C=CCC[C@H](c1cccc(Oc2ccccc2)c1)N1CCNCC1.Cl.Cl. The smallest absolute Gasteiger partial charge is 0.127 e. The maximum Gasteiger partial charge on any atom is 0.127 e. The van der Waals surface area contributed by atoms with Crippen LogP contribution in [0.3, 0.4) is 0 Å². The molecule has 26 heavy (non-hydrogen) atoms. The van der Waals surface area contributed by atoms with Gasteiger partial charge in [0.05, 0.1) is 0 Å². The summed E-state index contributed by atoms with van der Waals surface area (Å²) < 4.78 is 6.01. The topological polar surface area (TPSA) is 24.5 Å². The lowest BCUT2D eigenvalue weighted by Gasteiger charge is -2.35. The van der Waals surface area contributed by atoms with Crippen LogP contribution in [0.15, 0.2) is 67.3 Å². The molecule has 1 atom stereocenters. The Morgan fingerprint density at radius 1 is 1.00 bits per heavy atom. The van der Waals surface area contributed by atoms with Crippen molar-refractivity contribution in [2.45, 2.75) is 18.9 Å². The molecule has 0 radical (unpaired) electrons. The third-order valence-electron chi connectivity index (χ3n) is 4.46. The number of hydrogen-bond acceptors (Lipinski definition) is 3. The predicted octanol–water partition coefficient (Wildman–Crippen LogP) is 5.24. The van der Waals surface area contributed by atoms with E-state index in [1.807, 2.05) is 42.5 Å². The molecular formula is C21H28Cl2N2O. The number of allylic oxidation sites excluding steroid dienone is 1. The molecule has 1 heterocycles. The highest BCUT2D eigenvalue weighted by Gasteiger charge is 2.21. The molecule has 0 aliphatic carbocycles. The molecule has 0 aromatic heterocycles. The molecule has 2 aromatic carbocycles. The molecule has 1 fully saturated rings. The average molecular weight is 395 g/mol. The zero-order valence-electron chi connectivity index (χ0n) is 15.0. The Kier molecular flexibility index (Phi) is 10.4. The molecule has 0 spiro atoms. The van der Waals surface area contributed by atoms with E-state index in [0.717, 1.165) is 50.5 Å². The van der Waals surface area contributed by atoms with Gasteiger partial charge in [-0.05, 0) is 42.7 Å². The van der Waals surface area contributed by atoms with E-state index in [0.29, 0.717) is 6.04 Å². The van der Waals surface area contributed by atoms with E-state index in [-0.39, 0.29) is 24.8 Å². The van der Waals surface area contributed by atoms with E-state index in [2.05, 4.69) is 35.0 Å². The second-order valence-electron chi connectivity index (χ2n) is 6.16. The van der Waals surface area contributed by atoms with E-state index in [9.17, 15) is 0 Å². The average Bonchev–Trinajstić information content (AvgIpc) is 2.64. The highest BCUT2D eigenvalue weighted by molar-refractivity contribution is 5.85. The lowest BCUT2D eigenvalue weighted by Crippen LogP contribution is -2.45. The van der Waals surface area contributed by atoms with Gasteiger partial charge >= 0.3 is 0 Å². The minimum Gasteiger partial charge on any atom is -0.457 e. The fourth-order valence-electron chi connectivity index (χ4n) is 3.24. The normalized spacial score (nSPS) is 15.2. The standard InChI is InChI=1S/C21H26N2O.2ClH/c1-2-3-12-21(23-15-13-22-14-16-23)18-8-7-11-20(17-18)24-19-9-5-4-6-10-19;;/h2,4-11,17,21-22H,1,3,12-16H2;2*1H/t21-;;/m1../s1. The number of ether oxygens (including phenoxy) is 1. The molecule has 1 aliphatic heterocycles. The molecule has 0 saturated carbocycles. The van der Waals surface area contributed by atoms with Crippen LogP contribution in [0.2, 0.25) is 0 Å². The Bertz CT molecular complexity index is 645. The van der Waals surface area contributed by atoms with Crippen LogP contribution in [-0.4, -0.2) is 31.1 Å². The van der Waals surface area contributed by atoms with Gasteiger partial charge in [0.25, 0.3) is 0 Å². The lowest BCUT2D eigenvalue weighted by molar-refractivity contribution is 0.166. The number of piperazine rings is 1. The zero-order chi connectivity index (χ0) is 16.6. The van der Waals surface area contributed by atoms with Crippen molar-refractivity contribution in [1.29, 1.82) is 0 Å². The fourth-order valence-corrected chi connectivity index (χ4v) is 3.24. The summed E-state index contributed by atoms with van der Waals surface area (Å²) in [5, 5.41) is 3.43. The van der Waals surface area contributed by atoms with Crippen molar-refractivity contribution >= 4 is 24.8 Å². The van der Waals surface area contributed by atoms with Crippen LogP contribution in [0.1, 0.15) is 24.4 Å². The van der Waals surface area contributed by atoms with Crippen LogP contribution < -0.4 is 10.1 Å². The fraction of sp³-hybridized carbons (Fsp3) is 0.333. The Morgan fingerprint density at radius 3 is 2.38 bits per heavy atom. The van der Waals surface area contributed by atoms with Gasteiger partial charge in [0.2, 0.25) is 0 Å². The first-order valence-corrected chi connectivity index (χ1v) is 8.75. The van der Waals surface area contributed by atoms with Gasteiger partial charge in [0.1, 0.15) is 11.5 Å². The number of nitrogens with one attached hydrogen (secondary N) is 1. The van der Waals surface area contributed by atoms with Crippen LogP contribution in [0, 0.1) is 0 Å². The van der Waals surface area contributed by atoms with E-state index in [1.165, 1.54) is 5.56 Å². The Morgan fingerprint density at radius 2 is 1.69 bits per heavy atom. The molecule has 3 nitrogen and oxygen atoms in total. The second-order valence-corrected chi connectivity index (χ2v) is 6.16. The largest absolute Gasteiger partial charge is 0.457 e. The van der Waals surface area contributed by atoms with Crippen molar-refractivity contribution in [3.63, 3.8) is 0 Å². The molecule has 0 unspecified atom stereocenters. The summed E-state index contributed by atoms with van der Waals surface area (Å²) in [5.41, 5.74) is 1.33. The number of hydrogen-bond donors (Lipinski definition) is 1. The van der Waals surface area contributed by atoms with Crippen LogP contribution >= 0.6 is 24.8 Å². The first-order chi connectivity index (χ1) is 11.9. The minimum absolute atomic E-state index is 0. The number of rotatable bonds is 7. The highest BCUT2D eigenvalue weighted by Crippen LogP contribution is 2.30. The van der Waals surface area contributed by atoms with E-state index in [4.69, 9.17) is 4.74 Å². The molecule has 0 bridgehead atoms. The van der Waals surface area contributed by atoms with Gasteiger partial charge in [-0.2, -0.15) is 0 Å². The van der Waals surface area contributed by atoms with Crippen LogP contribution in [0.4, 0.5) is 0 Å². The maximum atomic E-state index is 6.01.